The average molecular weight is 325 g/mol. The number of hydrogen-bond acceptors (Lipinski definition) is 3. The Morgan fingerprint density at radius 1 is 1.21 bits per heavy atom. The third-order valence-corrected chi connectivity index (χ3v) is 4.28. The van der Waals surface area contributed by atoms with E-state index in [4.69, 9.17) is 9.47 Å². The second kappa shape index (κ2) is 6.19. The van der Waals surface area contributed by atoms with E-state index >= 15 is 0 Å². The zero-order chi connectivity index (χ0) is 17.3. The number of nitrogens with one attached hydrogen (secondary N) is 1. The second-order valence-electron chi connectivity index (χ2n) is 6.86. The van der Waals surface area contributed by atoms with Crippen molar-refractivity contribution in [1.29, 1.82) is 0 Å². The molecular weight excluding hydrogens is 302 g/mol. The lowest BCUT2D eigenvalue weighted by molar-refractivity contribution is 0.0619. The molecule has 1 amide bonds. The predicted octanol–water partition coefficient (Wildman–Crippen LogP) is 4.04. The zero-order valence-electron chi connectivity index (χ0n) is 14.6. The van der Waals surface area contributed by atoms with E-state index < -0.39 is 0 Å². The lowest BCUT2D eigenvalue weighted by Gasteiger charge is -2.38. The lowest BCUT2D eigenvalue weighted by Crippen LogP contribution is -2.41. The molecule has 0 unspecified atom stereocenters. The van der Waals surface area contributed by atoms with Gasteiger partial charge in [0, 0.05) is 17.5 Å². The van der Waals surface area contributed by atoms with Crippen molar-refractivity contribution in [3.63, 3.8) is 0 Å². The zero-order valence-corrected chi connectivity index (χ0v) is 14.6. The van der Waals surface area contributed by atoms with Crippen molar-refractivity contribution in [3.05, 3.63) is 59.2 Å². The van der Waals surface area contributed by atoms with Gasteiger partial charge in [-0.2, -0.15) is 0 Å². The summed E-state index contributed by atoms with van der Waals surface area (Å²) >= 11 is 0. The minimum Gasteiger partial charge on any atom is -0.497 e. The number of hydrogen-bond donors (Lipinski definition) is 1. The quantitative estimate of drug-likeness (QED) is 0.926. The van der Waals surface area contributed by atoms with Crippen molar-refractivity contribution in [1.82, 2.24) is 5.32 Å². The van der Waals surface area contributed by atoms with Gasteiger partial charge in [-0.05, 0) is 51.1 Å². The first-order chi connectivity index (χ1) is 11.4. The summed E-state index contributed by atoms with van der Waals surface area (Å²) in [5, 5.41) is 3.15. The van der Waals surface area contributed by atoms with Crippen molar-refractivity contribution in [2.45, 2.75) is 38.8 Å². The Morgan fingerprint density at radius 3 is 2.58 bits per heavy atom. The van der Waals surface area contributed by atoms with Crippen LogP contribution >= 0.6 is 0 Å². The van der Waals surface area contributed by atoms with E-state index in [0.29, 0.717) is 5.56 Å². The van der Waals surface area contributed by atoms with E-state index in [1.165, 1.54) is 0 Å². The number of ether oxygens (including phenoxy) is 2. The molecule has 2 aromatic carbocycles. The van der Waals surface area contributed by atoms with Gasteiger partial charge in [-0.1, -0.05) is 17.7 Å². The molecule has 0 bridgehead atoms. The fourth-order valence-corrected chi connectivity index (χ4v) is 3.09. The molecule has 2 aromatic rings. The van der Waals surface area contributed by atoms with E-state index in [2.05, 4.69) is 11.4 Å². The summed E-state index contributed by atoms with van der Waals surface area (Å²) in [4.78, 5) is 12.6. The molecular formula is C20H23NO3. The lowest BCUT2D eigenvalue weighted by atomic mass is 9.88. The third kappa shape index (κ3) is 3.37. The first-order valence-corrected chi connectivity index (χ1v) is 8.12. The van der Waals surface area contributed by atoms with Crippen LogP contribution < -0.4 is 14.8 Å². The first kappa shape index (κ1) is 16.4. The predicted molar refractivity (Wildman–Crippen MR) is 93.7 cm³/mol. The Bertz CT molecular complexity index is 750. The van der Waals surface area contributed by atoms with Gasteiger partial charge >= 0.3 is 0 Å². The van der Waals surface area contributed by atoms with Gasteiger partial charge in [-0.3, -0.25) is 4.79 Å². The summed E-state index contributed by atoms with van der Waals surface area (Å²) in [5.41, 5.74) is 2.49. The monoisotopic (exact) mass is 325 g/mol. The van der Waals surface area contributed by atoms with Crippen LogP contribution in [0.2, 0.25) is 0 Å². The number of amides is 1. The van der Waals surface area contributed by atoms with Crippen LogP contribution in [0.15, 0.2) is 42.5 Å². The Balaban J connectivity index is 1.85. The summed E-state index contributed by atoms with van der Waals surface area (Å²) in [6.45, 7) is 6.13. The van der Waals surface area contributed by atoms with E-state index in [1.54, 1.807) is 31.4 Å². The number of rotatable bonds is 3. The molecule has 1 heterocycles. The normalized spacial score (nSPS) is 18.2. The largest absolute Gasteiger partial charge is 0.497 e. The SMILES string of the molecule is COc1ccc(C(=O)N[C@H]2CC(C)(C)Oc3ccc(C)cc32)cc1. The van der Waals surface area contributed by atoms with Gasteiger partial charge in [-0.15, -0.1) is 0 Å². The fourth-order valence-electron chi connectivity index (χ4n) is 3.09. The Morgan fingerprint density at radius 2 is 1.92 bits per heavy atom. The topological polar surface area (TPSA) is 47.6 Å². The van der Waals surface area contributed by atoms with Crippen LogP contribution in [0, 0.1) is 6.92 Å². The van der Waals surface area contributed by atoms with Gasteiger partial charge in [0.05, 0.1) is 13.2 Å². The van der Waals surface area contributed by atoms with Gasteiger partial charge in [0.15, 0.2) is 0 Å². The minimum absolute atomic E-state index is 0.0711. The van der Waals surface area contributed by atoms with Crippen molar-refractivity contribution in [2.24, 2.45) is 0 Å². The summed E-state index contributed by atoms with van der Waals surface area (Å²) in [6.07, 6.45) is 0.728. The molecule has 4 nitrogen and oxygen atoms in total. The van der Waals surface area contributed by atoms with Crippen LogP contribution in [0.4, 0.5) is 0 Å². The standard InChI is InChI=1S/C20H23NO3/c1-13-5-10-18-16(11-13)17(12-20(2,3)24-18)21-19(22)14-6-8-15(23-4)9-7-14/h5-11,17H,12H2,1-4H3,(H,21,22)/t17-/m0/s1. The third-order valence-electron chi connectivity index (χ3n) is 4.28. The molecule has 4 heteroatoms. The minimum atomic E-state index is -0.319. The van der Waals surface area contributed by atoms with Crippen molar-refractivity contribution in [2.75, 3.05) is 7.11 Å². The Kier molecular flexibility index (Phi) is 4.22. The summed E-state index contributed by atoms with van der Waals surface area (Å²) in [6, 6.07) is 13.2. The number of carbonyl (C=O) groups is 1. The first-order valence-electron chi connectivity index (χ1n) is 8.12. The van der Waals surface area contributed by atoms with Crippen molar-refractivity contribution in [3.8, 4) is 11.5 Å². The van der Waals surface area contributed by atoms with Gasteiger partial charge in [0.2, 0.25) is 0 Å². The molecule has 0 fully saturated rings. The number of aryl methyl sites for hydroxylation is 1. The maximum atomic E-state index is 12.6. The maximum Gasteiger partial charge on any atom is 0.251 e. The van der Waals surface area contributed by atoms with E-state index in [0.717, 1.165) is 29.0 Å². The van der Waals surface area contributed by atoms with Crippen LogP contribution in [0.1, 0.15) is 47.8 Å². The number of carbonyl (C=O) groups excluding carboxylic acids is 1. The molecule has 1 aliphatic rings. The molecule has 1 N–H and O–H groups in total. The van der Waals surface area contributed by atoms with Crippen LogP contribution in [-0.4, -0.2) is 18.6 Å². The summed E-state index contributed by atoms with van der Waals surface area (Å²) in [5.74, 6) is 1.49. The van der Waals surface area contributed by atoms with E-state index in [9.17, 15) is 4.79 Å². The maximum absolute atomic E-state index is 12.6. The Hall–Kier alpha value is -2.49. The number of fused-ring (bicyclic) bond motifs is 1. The molecule has 0 saturated carbocycles. The van der Waals surface area contributed by atoms with Crippen LogP contribution in [-0.2, 0) is 0 Å². The number of methoxy groups -OCH3 is 1. The molecule has 1 aliphatic heterocycles. The van der Waals surface area contributed by atoms with Crippen LogP contribution in [0.5, 0.6) is 11.5 Å². The highest BCUT2D eigenvalue weighted by Crippen LogP contribution is 2.40. The highest BCUT2D eigenvalue weighted by molar-refractivity contribution is 5.94. The molecule has 0 aliphatic carbocycles. The highest BCUT2D eigenvalue weighted by Gasteiger charge is 2.34. The van der Waals surface area contributed by atoms with Crippen molar-refractivity contribution < 1.29 is 14.3 Å². The van der Waals surface area contributed by atoms with Crippen molar-refractivity contribution >= 4 is 5.91 Å². The van der Waals surface area contributed by atoms with Gasteiger partial charge in [0.25, 0.3) is 5.91 Å². The fraction of sp³-hybridized carbons (Fsp3) is 0.350. The molecule has 3 rings (SSSR count). The molecule has 24 heavy (non-hydrogen) atoms. The second-order valence-corrected chi connectivity index (χ2v) is 6.86. The number of benzene rings is 2. The average Bonchev–Trinajstić information content (AvgIpc) is 2.55. The van der Waals surface area contributed by atoms with Gasteiger partial charge < -0.3 is 14.8 Å². The molecule has 0 aromatic heterocycles. The summed E-state index contributed by atoms with van der Waals surface area (Å²) < 4.78 is 11.2. The Labute approximate surface area is 142 Å². The van der Waals surface area contributed by atoms with Crippen LogP contribution in [0.25, 0.3) is 0 Å². The van der Waals surface area contributed by atoms with Crippen LogP contribution in [0.3, 0.4) is 0 Å². The van der Waals surface area contributed by atoms with Gasteiger partial charge in [0.1, 0.15) is 17.1 Å². The molecule has 0 radical (unpaired) electrons. The smallest absolute Gasteiger partial charge is 0.251 e. The molecule has 126 valence electrons. The van der Waals surface area contributed by atoms with Gasteiger partial charge in [-0.25, -0.2) is 0 Å². The van der Waals surface area contributed by atoms with E-state index in [1.807, 2.05) is 32.9 Å². The highest BCUT2D eigenvalue weighted by atomic mass is 16.5. The summed E-state index contributed by atoms with van der Waals surface area (Å²) in [7, 11) is 1.61. The molecule has 1 atom stereocenters. The molecule has 0 spiro atoms. The van der Waals surface area contributed by atoms with E-state index in [-0.39, 0.29) is 17.6 Å². The molecule has 0 saturated heterocycles.